The number of carbonyl (C=O) groups is 2. The molecular formula is C30H38ClN5O4. The summed E-state index contributed by atoms with van der Waals surface area (Å²) in [5.74, 6) is -0.436. The maximum atomic E-state index is 13.4. The third-order valence-electron chi connectivity index (χ3n) is 6.44. The van der Waals surface area contributed by atoms with Crippen molar-refractivity contribution in [2.45, 2.75) is 51.9 Å². The van der Waals surface area contributed by atoms with Crippen LogP contribution in [0.2, 0.25) is 0 Å². The van der Waals surface area contributed by atoms with E-state index in [-0.39, 0.29) is 6.54 Å². The summed E-state index contributed by atoms with van der Waals surface area (Å²) in [7, 11) is 1.25. The minimum atomic E-state index is -0.938. The van der Waals surface area contributed by atoms with Crippen LogP contribution in [-0.2, 0) is 22.5 Å². The Hall–Kier alpha value is -3.50. The maximum absolute atomic E-state index is 13.4. The Balaban J connectivity index is 1.81. The highest BCUT2D eigenvalue weighted by molar-refractivity contribution is 6.13. The lowest BCUT2D eigenvalue weighted by Crippen LogP contribution is -2.58. The van der Waals surface area contributed by atoms with Gasteiger partial charge in [-0.15, -0.1) is 0 Å². The van der Waals surface area contributed by atoms with Crippen LogP contribution in [0.1, 0.15) is 31.9 Å². The number of aliphatic hydroxyl groups excluding tert-OH is 1. The number of benzene rings is 2. The summed E-state index contributed by atoms with van der Waals surface area (Å²) in [6, 6.07) is 21.9. The Labute approximate surface area is 241 Å². The van der Waals surface area contributed by atoms with Crippen LogP contribution in [0.15, 0.2) is 79.0 Å². The predicted octanol–water partition coefficient (Wildman–Crippen LogP) is 4.07. The maximum Gasteiger partial charge on any atom is 0.407 e. The summed E-state index contributed by atoms with van der Waals surface area (Å²) in [5, 5.41) is 15.4. The zero-order valence-corrected chi connectivity index (χ0v) is 24.1. The number of aromatic nitrogens is 1. The van der Waals surface area contributed by atoms with Crippen LogP contribution in [0.4, 0.5) is 4.79 Å². The number of pyridine rings is 1. The van der Waals surface area contributed by atoms with Crippen LogP contribution in [0.3, 0.4) is 0 Å². The number of nitrogens with zero attached hydrogens (tertiary/aromatic N) is 2. The van der Waals surface area contributed by atoms with Crippen LogP contribution >= 0.6 is 11.8 Å². The van der Waals surface area contributed by atoms with Crippen molar-refractivity contribution in [1.82, 2.24) is 25.6 Å². The van der Waals surface area contributed by atoms with Crippen LogP contribution in [-0.4, -0.2) is 58.9 Å². The number of halogens is 1. The fraction of sp³-hybridized carbons (Fsp3) is 0.367. The number of aliphatic hydroxyl groups is 1. The van der Waals surface area contributed by atoms with Gasteiger partial charge in [0.2, 0.25) is 0 Å². The highest BCUT2D eigenvalue weighted by atomic mass is 35.5. The highest BCUT2D eigenvalue weighted by Gasteiger charge is 2.34. The summed E-state index contributed by atoms with van der Waals surface area (Å²) in [6.45, 7) is 5.89. The van der Waals surface area contributed by atoms with Gasteiger partial charge in [0.1, 0.15) is 6.04 Å². The molecule has 0 fully saturated rings. The third-order valence-corrected chi connectivity index (χ3v) is 6.72. The van der Waals surface area contributed by atoms with E-state index in [1.807, 2.05) is 93.6 Å². The number of ether oxygens (including phenoxy) is 1. The lowest BCUT2D eigenvalue weighted by molar-refractivity contribution is -0.131. The number of carbonyl (C=O) groups excluding carboxylic acids is 2. The Kier molecular flexibility index (Phi) is 11.5. The average molecular weight is 568 g/mol. The zero-order valence-electron chi connectivity index (χ0n) is 23.3. The zero-order chi connectivity index (χ0) is 29.1. The molecule has 10 heteroatoms. The number of alkyl carbamates (subject to hydrolysis) is 1. The van der Waals surface area contributed by atoms with E-state index in [1.165, 1.54) is 7.11 Å². The molecule has 0 aliphatic heterocycles. The molecule has 0 unspecified atom stereocenters. The molecule has 1 heterocycles. The van der Waals surface area contributed by atoms with Crippen molar-refractivity contribution in [2.75, 3.05) is 13.7 Å². The van der Waals surface area contributed by atoms with E-state index in [1.54, 1.807) is 11.2 Å². The van der Waals surface area contributed by atoms with E-state index in [2.05, 4.69) is 20.6 Å². The van der Waals surface area contributed by atoms with Crippen molar-refractivity contribution in [3.8, 4) is 11.3 Å². The Bertz CT molecular complexity index is 1210. The van der Waals surface area contributed by atoms with Gasteiger partial charge in [0.25, 0.3) is 5.91 Å². The van der Waals surface area contributed by atoms with E-state index < -0.39 is 35.6 Å². The van der Waals surface area contributed by atoms with Crippen LogP contribution in [0.5, 0.6) is 0 Å². The first-order valence-corrected chi connectivity index (χ1v) is 13.5. The monoisotopic (exact) mass is 567 g/mol. The molecule has 9 nitrogen and oxygen atoms in total. The van der Waals surface area contributed by atoms with Gasteiger partial charge in [-0.1, -0.05) is 81.4 Å². The average Bonchev–Trinajstić information content (AvgIpc) is 2.95. The molecule has 0 bridgehead atoms. The van der Waals surface area contributed by atoms with Gasteiger partial charge < -0.3 is 15.2 Å². The number of hydrogen-bond donors (Lipinski definition) is 4. The fourth-order valence-electron chi connectivity index (χ4n) is 4.23. The van der Waals surface area contributed by atoms with E-state index in [4.69, 9.17) is 16.5 Å². The smallest absolute Gasteiger partial charge is 0.407 e. The van der Waals surface area contributed by atoms with Crippen molar-refractivity contribution < 1.29 is 19.4 Å². The Morgan fingerprint density at radius 2 is 1.68 bits per heavy atom. The van der Waals surface area contributed by atoms with Crippen LogP contribution in [0, 0.1) is 5.41 Å². The van der Waals surface area contributed by atoms with Crippen molar-refractivity contribution in [1.29, 1.82) is 0 Å². The molecule has 2 amide bonds. The standard InChI is InChI=1S/C30H38ClN5O4/c1-30(2,3)27(33-29(39)40-4)28(38)35-36(20-26(37)25(34-31)18-21-10-6-5-7-11-21)19-22-13-15-23(16-14-22)24-12-8-9-17-32-24/h5-17,25-27,34,37H,18-20H2,1-4H3,(H,33,39)(H,35,38)/t25-,26-,27+/m0/s1. The van der Waals surface area contributed by atoms with Crippen LogP contribution in [0.25, 0.3) is 11.3 Å². The molecule has 3 atom stereocenters. The Morgan fingerprint density at radius 1 is 1.00 bits per heavy atom. The van der Waals surface area contributed by atoms with Crippen molar-refractivity contribution >= 4 is 23.8 Å². The number of nitrogens with one attached hydrogen (secondary N) is 3. The minimum absolute atomic E-state index is 0.0695. The van der Waals surface area contributed by atoms with E-state index in [9.17, 15) is 14.7 Å². The van der Waals surface area contributed by atoms with Crippen molar-refractivity contribution in [3.05, 3.63) is 90.1 Å². The molecule has 0 radical (unpaired) electrons. The first kappa shape index (κ1) is 31.0. The summed E-state index contributed by atoms with van der Waals surface area (Å²) in [4.78, 5) is 32.5. The number of rotatable bonds is 12. The van der Waals surface area contributed by atoms with E-state index >= 15 is 0 Å². The summed E-state index contributed by atoms with van der Waals surface area (Å²) >= 11 is 6.04. The lowest BCUT2D eigenvalue weighted by atomic mass is 9.86. The van der Waals surface area contributed by atoms with Gasteiger partial charge in [-0.3, -0.25) is 15.2 Å². The lowest BCUT2D eigenvalue weighted by Gasteiger charge is -2.34. The molecule has 0 aliphatic rings. The molecule has 2 aromatic carbocycles. The largest absolute Gasteiger partial charge is 0.453 e. The quantitative estimate of drug-likeness (QED) is 0.193. The molecular weight excluding hydrogens is 530 g/mol. The van der Waals surface area contributed by atoms with E-state index in [0.717, 1.165) is 22.4 Å². The van der Waals surface area contributed by atoms with Gasteiger partial charge in [0.15, 0.2) is 0 Å². The molecule has 40 heavy (non-hydrogen) atoms. The van der Waals surface area contributed by atoms with Gasteiger partial charge in [-0.2, -0.15) is 0 Å². The van der Waals surface area contributed by atoms with Crippen molar-refractivity contribution in [2.24, 2.45) is 5.41 Å². The van der Waals surface area contributed by atoms with Gasteiger partial charge in [-0.05, 0) is 46.9 Å². The third kappa shape index (κ3) is 9.31. The van der Waals surface area contributed by atoms with Gasteiger partial charge in [-0.25, -0.2) is 14.6 Å². The van der Waals surface area contributed by atoms with Crippen LogP contribution < -0.4 is 15.6 Å². The number of hydrazine groups is 1. The number of hydrogen-bond acceptors (Lipinski definition) is 7. The molecule has 0 spiro atoms. The molecule has 0 saturated heterocycles. The molecule has 4 N–H and O–H groups in total. The second-order valence-electron chi connectivity index (χ2n) is 10.7. The predicted molar refractivity (Wildman–Crippen MR) is 156 cm³/mol. The molecule has 0 aliphatic carbocycles. The fourth-order valence-corrected chi connectivity index (χ4v) is 4.45. The summed E-state index contributed by atoms with van der Waals surface area (Å²) in [6.07, 6.45) is 0.584. The first-order valence-electron chi connectivity index (χ1n) is 13.1. The normalized spacial score (nSPS) is 13.8. The van der Waals surface area contributed by atoms with Crippen molar-refractivity contribution in [3.63, 3.8) is 0 Å². The topological polar surface area (TPSA) is 116 Å². The van der Waals surface area contributed by atoms with Gasteiger partial charge >= 0.3 is 6.09 Å². The van der Waals surface area contributed by atoms with Gasteiger partial charge in [0.05, 0.1) is 24.9 Å². The highest BCUT2D eigenvalue weighted by Crippen LogP contribution is 2.21. The van der Waals surface area contributed by atoms with Gasteiger partial charge in [0, 0.05) is 24.8 Å². The number of methoxy groups -OCH3 is 1. The minimum Gasteiger partial charge on any atom is -0.453 e. The van der Waals surface area contributed by atoms with E-state index in [0.29, 0.717) is 13.0 Å². The molecule has 214 valence electrons. The second-order valence-corrected chi connectivity index (χ2v) is 10.9. The number of amides is 2. The summed E-state index contributed by atoms with van der Waals surface area (Å²) < 4.78 is 4.73. The molecule has 3 rings (SSSR count). The molecule has 1 aromatic heterocycles. The SMILES string of the molecule is COC(=O)N[C@H](C(=O)NN(Cc1ccc(-c2ccccn2)cc1)C[C@H](O)[C@H](Cc1ccccc1)NCl)C(C)(C)C. The first-order chi connectivity index (χ1) is 19.1. The summed E-state index contributed by atoms with van der Waals surface area (Å²) in [5.41, 5.74) is 6.02. The molecule has 0 saturated carbocycles. The molecule has 3 aromatic rings. The Morgan fingerprint density at radius 3 is 2.25 bits per heavy atom. The second kappa shape index (κ2) is 14.8.